The molecular weight excluding hydrogens is 1770 g/mol. The number of hydrogen-bond donors (Lipinski definition) is 10. The minimum Gasteiger partial charge on any atom is -0.384 e. The lowest BCUT2D eigenvalue weighted by Crippen LogP contribution is -2.30. The van der Waals surface area contributed by atoms with E-state index in [1.807, 2.05) is 32.9 Å². The van der Waals surface area contributed by atoms with Crippen LogP contribution in [0.2, 0.25) is 25.1 Å². The first-order valence-electron chi connectivity index (χ1n) is 39.5. The molecule has 0 unspecified atom stereocenters. The van der Waals surface area contributed by atoms with Gasteiger partial charge in [-0.05, 0) is 177 Å². The average Bonchev–Trinajstić information content (AvgIpc) is 1.26. The first-order valence-corrected chi connectivity index (χ1v) is 41.4. The number of nitrogens with two attached hydrogens (primary N) is 6. The molecule has 0 bridgehead atoms. The molecule has 12 aromatic heterocycles. The van der Waals surface area contributed by atoms with Crippen LogP contribution in [-0.2, 0) is 0 Å². The predicted molar refractivity (Wildman–Crippen MR) is 497 cm³/mol. The number of aromatic nitrogens is 20. The van der Waals surface area contributed by atoms with Crippen LogP contribution in [0.25, 0.3) is 66.4 Å². The minimum absolute atomic E-state index is 0.0306. The third-order valence-corrected chi connectivity index (χ3v) is 22.2. The van der Waals surface area contributed by atoms with Crippen molar-refractivity contribution in [2.45, 2.75) is 99.3 Å². The largest absolute Gasteiger partial charge is 0.384 e. The van der Waals surface area contributed by atoms with Crippen LogP contribution in [0.5, 0.6) is 0 Å². The number of amides is 1. The predicted octanol–water partition coefficient (Wildman–Crippen LogP) is 13.4. The van der Waals surface area contributed by atoms with Crippen LogP contribution >= 0.6 is 58.0 Å². The molecule has 12 heterocycles. The van der Waals surface area contributed by atoms with Crippen molar-refractivity contribution in [1.29, 1.82) is 10.5 Å². The Balaban J connectivity index is 0.000000140. The number of nitriles is 2. The van der Waals surface area contributed by atoms with Gasteiger partial charge < -0.3 is 55.7 Å². The molecule has 1 aliphatic rings. The Bertz CT molecular complexity index is 7570. The number of anilines is 9. The number of benzene rings is 4. The molecule has 0 radical (unpaired) electrons. The summed E-state index contributed by atoms with van der Waals surface area (Å²) in [6.45, 7) is 15.9. The summed E-state index contributed by atoms with van der Waals surface area (Å²) in [4.78, 5) is 135. The van der Waals surface area contributed by atoms with Gasteiger partial charge in [-0.3, -0.25) is 57.2 Å². The average molecular weight is 1850 g/mol. The molecule has 130 heavy (non-hydrogen) atoms. The summed E-state index contributed by atoms with van der Waals surface area (Å²) in [5, 5.41) is 33.9. The molecule has 16 N–H and O–H groups in total. The number of nitrogen functional groups attached to an aromatic ring is 5. The molecule has 16 aromatic rings. The van der Waals surface area contributed by atoms with E-state index in [2.05, 4.69) is 91.0 Å². The van der Waals surface area contributed by atoms with E-state index < -0.39 is 41.5 Å². The SMILES string of the molecule is Cc1nc(N)c(C#N)c(N[C@@H](C)c2nc3c(Cl)cccc3c(=O)n2-c2cccnc2)n1.Cc1nc(N)c(C#N)c(N[C@@H](C)c2nc3cccc(Cl)c3c(=O)n2-c2cncc(C)c2C)n1.Cc1nc(N)c(C(N)=O)c(N[C@@H](C)c2nc3cccc(Cl)c3c(=O)n2-c2cccnc2)n1.Cc1nc(N)c(Cl)c(N[C@H](c2nc3c(F)ccc(Cl)c3c(=O)n2-c2ccc(N)nc2)C2CC2)n1. The third-order valence-electron chi connectivity index (χ3n) is 20.6. The highest BCUT2D eigenvalue weighted by Gasteiger charge is 2.38. The van der Waals surface area contributed by atoms with Crippen molar-refractivity contribution in [1.82, 2.24) is 98.0 Å². The molecule has 4 aromatic carbocycles. The van der Waals surface area contributed by atoms with Gasteiger partial charge in [-0.15, -0.1) is 0 Å². The van der Waals surface area contributed by atoms with Crippen LogP contribution < -0.4 is 77.9 Å². The van der Waals surface area contributed by atoms with Crippen LogP contribution in [0.1, 0.15) is 137 Å². The highest BCUT2D eigenvalue weighted by molar-refractivity contribution is 6.37. The number of pyridine rings is 4. The molecule has 0 aliphatic heterocycles. The van der Waals surface area contributed by atoms with E-state index in [-0.39, 0.29) is 118 Å². The summed E-state index contributed by atoms with van der Waals surface area (Å²) in [6.07, 6.45) is 12.9. The Labute approximate surface area is 761 Å². The van der Waals surface area contributed by atoms with E-state index in [1.165, 1.54) is 36.6 Å². The maximum Gasteiger partial charge on any atom is 0.267 e. The molecule has 1 fully saturated rings. The molecular formula is C87H76Cl5FN32O5. The van der Waals surface area contributed by atoms with E-state index in [1.54, 1.807) is 170 Å². The van der Waals surface area contributed by atoms with Crippen LogP contribution in [0.4, 0.5) is 56.8 Å². The highest BCUT2D eigenvalue weighted by atomic mass is 35.5. The van der Waals surface area contributed by atoms with E-state index in [0.717, 1.165) is 24.0 Å². The highest BCUT2D eigenvalue weighted by Crippen LogP contribution is 2.45. The van der Waals surface area contributed by atoms with E-state index in [9.17, 15) is 38.9 Å². The number of nitrogens with one attached hydrogen (secondary N) is 4. The van der Waals surface area contributed by atoms with Gasteiger partial charge in [0.1, 0.15) is 127 Å². The maximum absolute atomic E-state index is 14.8. The van der Waals surface area contributed by atoms with Gasteiger partial charge >= 0.3 is 0 Å². The number of nitrogens with zero attached hydrogens (tertiary/aromatic N) is 22. The Hall–Kier alpha value is -15.6. The van der Waals surface area contributed by atoms with Crippen LogP contribution in [0.15, 0.2) is 166 Å². The number of carbonyl (C=O) groups is 1. The van der Waals surface area contributed by atoms with Gasteiger partial charge in [-0.2, -0.15) is 10.5 Å². The van der Waals surface area contributed by atoms with Crippen LogP contribution in [0, 0.1) is 75.9 Å². The van der Waals surface area contributed by atoms with E-state index in [4.69, 9.17) is 102 Å². The fraction of sp³-hybridized carbons (Fsp3) is 0.184. The number of halogens is 6. The number of rotatable bonds is 18. The normalized spacial score (nSPS) is 12.5. The summed E-state index contributed by atoms with van der Waals surface area (Å²) >= 11 is 31.7. The summed E-state index contributed by atoms with van der Waals surface area (Å²) < 4.78 is 20.6. The molecule has 43 heteroatoms. The first-order chi connectivity index (χ1) is 62.1. The smallest absolute Gasteiger partial charge is 0.267 e. The lowest BCUT2D eigenvalue weighted by molar-refractivity contribution is 0.100. The van der Waals surface area contributed by atoms with Crippen molar-refractivity contribution in [3.63, 3.8) is 0 Å². The summed E-state index contributed by atoms with van der Waals surface area (Å²) in [6, 6.07) is 29.7. The molecule has 656 valence electrons. The van der Waals surface area contributed by atoms with Crippen molar-refractivity contribution in [2.75, 3.05) is 49.9 Å². The van der Waals surface area contributed by atoms with Gasteiger partial charge in [0.05, 0.1) is 130 Å². The lowest BCUT2D eigenvalue weighted by atomic mass is 10.1. The molecule has 1 aliphatic carbocycles. The van der Waals surface area contributed by atoms with Gasteiger partial charge in [0.15, 0.2) is 17.5 Å². The molecule has 0 spiro atoms. The molecule has 17 rings (SSSR count). The number of primary amides is 1. The fourth-order valence-electron chi connectivity index (χ4n) is 14.3. The van der Waals surface area contributed by atoms with Gasteiger partial charge in [0.2, 0.25) is 0 Å². The quantitative estimate of drug-likeness (QED) is 0.0381. The van der Waals surface area contributed by atoms with Crippen molar-refractivity contribution in [3.05, 3.63) is 293 Å². The molecule has 0 saturated heterocycles. The van der Waals surface area contributed by atoms with Gasteiger partial charge in [0.25, 0.3) is 28.1 Å². The zero-order chi connectivity index (χ0) is 93.1. The third kappa shape index (κ3) is 18.5. The topological polar surface area (TPSA) is 563 Å². The second-order valence-electron chi connectivity index (χ2n) is 29.7. The Morgan fingerprint density at radius 3 is 1.45 bits per heavy atom. The number of fused-ring (bicyclic) bond motifs is 4. The fourth-order valence-corrected chi connectivity index (χ4v) is 15.3. The number of para-hydroxylation sites is 1. The van der Waals surface area contributed by atoms with Crippen molar-refractivity contribution < 1.29 is 9.18 Å². The Morgan fingerprint density at radius 1 is 0.454 bits per heavy atom. The van der Waals surface area contributed by atoms with Crippen molar-refractivity contribution in [3.8, 4) is 34.9 Å². The standard InChI is InChI=1S/C23H21ClN8O.C22H19Cl2FN8O.C21H19ClN8O2.C21H17ClN8O/c1-11-9-27-10-18(12(11)2)32-22(31-17-7-5-6-16(24)19(17)23(32)33)13(3)28-21-15(8-25)20(26)29-14(4)30-21;1-9-29-19(27)16(24)20(30-9)31-17(10-2-3-10)21-32-18-13(25)6-5-12(23)15(18)22(34)33(21)11-4-7-14(26)28-8-11;1-10(26-19-16(18(24)31)17(23)27-11(2)28-19)20-29-14-7-3-6-13(22)15(14)21(32)30(20)12-5-4-8-25-9-12;1-11(26-19-15(9-23)18(24)27-12(2)28-19)20-29-17-14(6-3-7-16(17)22)21(31)30(20)13-5-4-8-25-10-13/h5-7,9-10,13H,1-4H3,(H3,26,28,29,30);4-8,10,17H,2-3H2,1H3,(H2,26,28)(H3,27,29,30,31);3-10H,1-2H3,(H2,24,31)(H3,23,26,27,28);3-8,10-11H,1-2H3,(H3,24,26,27,28)/t13-;17-;10-;11-/m0000/s1. The second kappa shape index (κ2) is 37.9. The van der Waals surface area contributed by atoms with E-state index in [0.29, 0.717) is 112 Å². The number of aryl methyl sites for hydroxylation is 5. The lowest BCUT2D eigenvalue weighted by Gasteiger charge is -2.24. The van der Waals surface area contributed by atoms with Crippen LogP contribution in [0.3, 0.4) is 0 Å². The Morgan fingerprint density at radius 2 is 0.915 bits per heavy atom. The number of carbonyl (C=O) groups excluding carboxylic acids is 1. The molecule has 1 amide bonds. The summed E-state index contributed by atoms with van der Waals surface area (Å²) in [7, 11) is 0. The van der Waals surface area contributed by atoms with Crippen molar-refractivity contribution in [2.24, 2.45) is 11.7 Å². The van der Waals surface area contributed by atoms with Gasteiger partial charge in [-0.25, -0.2) is 69.2 Å². The number of hydrogen-bond acceptors (Lipinski definition) is 32. The molecule has 4 atom stereocenters. The van der Waals surface area contributed by atoms with Gasteiger partial charge in [0, 0.05) is 18.6 Å². The summed E-state index contributed by atoms with van der Waals surface area (Å²) in [5.74, 6) is 3.12. The zero-order valence-corrected chi connectivity index (χ0v) is 74.0. The molecule has 37 nitrogen and oxygen atoms in total. The zero-order valence-electron chi connectivity index (χ0n) is 70.3. The van der Waals surface area contributed by atoms with Crippen LogP contribution in [-0.4, -0.2) is 104 Å². The monoisotopic (exact) mass is 1840 g/mol. The maximum atomic E-state index is 14.8. The van der Waals surface area contributed by atoms with E-state index >= 15 is 0 Å². The second-order valence-corrected chi connectivity index (χ2v) is 31.7. The minimum atomic E-state index is -0.778. The first kappa shape index (κ1) is 90.6. The summed E-state index contributed by atoms with van der Waals surface area (Å²) in [5.41, 5.74) is 38.5. The van der Waals surface area contributed by atoms with Crippen molar-refractivity contribution >= 4 is 160 Å². The van der Waals surface area contributed by atoms with Gasteiger partial charge in [-0.1, -0.05) is 76.2 Å². The molecule has 1 saturated carbocycles. The Kier molecular flexibility index (Phi) is 26.4.